The highest BCUT2D eigenvalue weighted by Crippen LogP contribution is 2.15. The molecule has 2 amide bonds. The van der Waals surface area contributed by atoms with Gasteiger partial charge in [-0.05, 0) is 24.3 Å². The molecule has 0 aliphatic carbocycles. The monoisotopic (exact) mass is 358 g/mol. The largest absolute Gasteiger partial charge is 0.469 e. The summed E-state index contributed by atoms with van der Waals surface area (Å²) < 4.78 is 5.31. The maximum atomic E-state index is 12.8. The number of furan rings is 1. The van der Waals surface area contributed by atoms with Crippen LogP contribution in [0.5, 0.6) is 0 Å². The fraction of sp³-hybridized carbons (Fsp3) is 0.389. The summed E-state index contributed by atoms with van der Waals surface area (Å²) in [6, 6.07) is 6.61. The molecule has 3 heterocycles. The Morgan fingerprint density at radius 3 is 2.58 bits per heavy atom. The quantitative estimate of drug-likeness (QED) is 0.758. The molecule has 8 nitrogen and oxygen atoms in total. The summed E-state index contributed by atoms with van der Waals surface area (Å²) in [6.45, 7) is 3.30. The molecule has 1 saturated heterocycles. The van der Waals surface area contributed by atoms with Crippen molar-refractivity contribution in [2.45, 2.75) is 6.42 Å². The van der Waals surface area contributed by atoms with Crippen LogP contribution < -0.4 is 5.73 Å². The normalized spacial score (nSPS) is 15.2. The van der Waals surface area contributed by atoms with Crippen molar-refractivity contribution in [3.8, 4) is 0 Å². The van der Waals surface area contributed by atoms with E-state index in [0.717, 1.165) is 0 Å². The van der Waals surface area contributed by atoms with E-state index in [1.165, 1.54) is 6.07 Å². The molecule has 2 aromatic rings. The van der Waals surface area contributed by atoms with Gasteiger partial charge >= 0.3 is 0 Å². The van der Waals surface area contributed by atoms with E-state index in [4.69, 9.17) is 15.3 Å². The van der Waals surface area contributed by atoms with E-state index in [1.54, 1.807) is 29.4 Å². The number of nitrogens with two attached hydrogens (primary N) is 1. The zero-order valence-corrected chi connectivity index (χ0v) is 14.4. The van der Waals surface area contributed by atoms with Crippen molar-refractivity contribution < 1.29 is 19.1 Å². The molecule has 0 saturated carbocycles. The van der Waals surface area contributed by atoms with Gasteiger partial charge in [-0.3, -0.25) is 14.5 Å². The number of carbonyl (C=O) groups excluding carboxylic acids is 2. The van der Waals surface area contributed by atoms with E-state index in [9.17, 15) is 9.59 Å². The molecule has 8 heteroatoms. The van der Waals surface area contributed by atoms with Gasteiger partial charge in [0, 0.05) is 39.1 Å². The van der Waals surface area contributed by atoms with E-state index in [0.29, 0.717) is 44.2 Å². The summed E-state index contributed by atoms with van der Waals surface area (Å²) in [6.07, 6.45) is 1.83. The van der Waals surface area contributed by atoms with Gasteiger partial charge in [0.15, 0.2) is 0 Å². The second kappa shape index (κ2) is 8.11. The highest BCUT2D eigenvalue weighted by molar-refractivity contribution is 5.96. The van der Waals surface area contributed by atoms with Crippen LogP contribution in [0.25, 0.3) is 0 Å². The molecule has 0 spiro atoms. The lowest BCUT2D eigenvalue weighted by Crippen LogP contribution is -2.49. The van der Waals surface area contributed by atoms with Gasteiger partial charge in [-0.25, -0.2) is 4.98 Å². The Labute approximate surface area is 151 Å². The maximum Gasteiger partial charge on any atom is 0.272 e. The van der Waals surface area contributed by atoms with Gasteiger partial charge in [0.2, 0.25) is 0 Å². The molecule has 0 aromatic carbocycles. The summed E-state index contributed by atoms with van der Waals surface area (Å²) in [7, 11) is 0. The van der Waals surface area contributed by atoms with E-state index in [1.807, 2.05) is 0 Å². The first-order chi connectivity index (χ1) is 12.6. The smallest absolute Gasteiger partial charge is 0.272 e. The molecule has 1 aliphatic rings. The third kappa shape index (κ3) is 4.09. The predicted octanol–water partition coefficient (Wildman–Crippen LogP) is 0.114. The number of rotatable bonds is 6. The lowest BCUT2D eigenvalue weighted by atomic mass is 10.1. The van der Waals surface area contributed by atoms with Crippen LogP contribution in [-0.4, -0.2) is 71.0 Å². The molecule has 0 radical (unpaired) electrons. The number of β-amino-alcohol motifs (C(OH)–C–C–N with tert-alkyl or cyclic N) is 1. The molecule has 0 atom stereocenters. The molecule has 3 N–H and O–H groups in total. The predicted molar refractivity (Wildman–Crippen MR) is 93.7 cm³/mol. The Morgan fingerprint density at radius 1 is 1.19 bits per heavy atom. The fourth-order valence-electron chi connectivity index (χ4n) is 3.04. The number of nitrogens with zero attached hydrogens (tertiary/aromatic N) is 3. The van der Waals surface area contributed by atoms with Gasteiger partial charge < -0.3 is 20.2 Å². The second-order valence-corrected chi connectivity index (χ2v) is 6.17. The molecule has 1 aliphatic heterocycles. The van der Waals surface area contributed by atoms with Crippen molar-refractivity contribution in [1.29, 1.82) is 0 Å². The first-order valence-electron chi connectivity index (χ1n) is 8.53. The van der Waals surface area contributed by atoms with Gasteiger partial charge in [-0.1, -0.05) is 0 Å². The summed E-state index contributed by atoms with van der Waals surface area (Å²) in [5, 5.41) is 9.00. The summed E-state index contributed by atoms with van der Waals surface area (Å²) in [5.41, 5.74) is 6.42. The third-order valence-electron chi connectivity index (χ3n) is 4.46. The minimum atomic E-state index is -0.587. The number of carbonyl (C=O) groups is 2. The Kier molecular flexibility index (Phi) is 5.65. The molecular weight excluding hydrogens is 336 g/mol. The van der Waals surface area contributed by atoms with Crippen LogP contribution in [0.2, 0.25) is 0 Å². The summed E-state index contributed by atoms with van der Waals surface area (Å²) in [5.74, 6) is -0.122. The zero-order valence-electron chi connectivity index (χ0n) is 14.4. The number of amides is 2. The van der Waals surface area contributed by atoms with Crippen molar-refractivity contribution in [2.75, 3.05) is 39.3 Å². The number of aliphatic hydroxyl groups excluding tert-OH is 1. The number of aliphatic hydroxyl groups is 1. The molecule has 138 valence electrons. The lowest BCUT2D eigenvalue weighted by Gasteiger charge is -2.34. The zero-order chi connectivity index (χ0) is 18.5. The standard InChI is InChI=1S/C18H22N4O4/c19-17(24)14-3-4-15(20-16(14)12-13-2-1-11-26-13)18(25)22-7-5-21(6-8-22)9-10-23/h1-4,11,23H,5-10,12H2,(H2,19,24). The molecule has 0 unspecified atom stereocenters. The molecular formula is C18H22N4O4. The van der Waals surface area contributed by atoms with Crippen molar-refractivity contribution in [1.82, 2.24) is 14.8 Å². The Hall–Kier alpha value is -2.71. The Balaban J connectivity index is 1.77. The molecule has 0 bridgehead atoms. The van der Waals surface area contributed by atoms with Crippen LogP contribution in [-0.2, 0) is 6.42 Å². The minimum absolute atomic E-state index is 0.111. The van der Waals surface area contributed by atoms with Crippen LogP contribution in [0.15, 0.2) is 34.9 Å². The first-order valence-corrected chi connectivity index (χ1v) is 8.53. The van der Waals surface area contributed by atoms with Gasteiger partial charge in [-0.2, -0.15) is 0 Å². The lowest BCUT2D eigenvalue weighted by molar-refractivity contribution is 0.0608. The number of primary amides is 1. The summed E-state index contributed by atoms with van der Waals surface area (Å²) in [4.78, 5) is 32.7. The third-order valence-corrected chi connectivity index (χ3v) is 4.46. The maximum absolute atomic E-state index is 12.8. The second-order valence-electron chi connectivity index (χ2n) is 6.17. The SMILES string of the molecule is NC(=O)c1ccc(C(=O)N2CCN(CCO)CC2)nc1Cc1ccco1. The van der Waals surface area contributed by atoms with Crippen LogP contribution in [0.1, 0.15) is 32.3 Å². The Morgan fingerprint density at radius 2 is 1.96 bits per heavy atom. The molecule has 26 heavy (non-hydrogen) atoms. The van der Waals surface area contributed by atoms with E-state index < -0.39 is 5.91 Å². The van der Waals surface area contributed by atoms with Crippen LogP contribution in [0.4, 0.5) is 0 Å². The van der Waals surface area contributed by atoms with Crippen LogP contribution in [0.3, 0.4) is 0 Å². The fourth-order valence-corrected chi connectivity index (χ4v) is 3.04. The van der Waals surface area contributed by atoms with Crippen LogP contribution >= 0.6 is 0 Å². The first kappa shape index (κ1) is 18.1. The molecule has 3 rings (SSSR count). The van der Waals surface area contributed by atoms with Crippen molar-refractivity contribution in [3.05, 3.63) is 53.2 Å². The highest BCUT2D eigenvalue weighted by atomic mass is 16.3. The molecule has 2 aromatic heterocycles. The molecule has 1 fully saturated rings. The van der Waals surface area contributed by atoms with Crippen molar-refractivity contribution in [3.63, 3.8) is 0 Å². The number of hydrogen-bond donors (Lipinski definition) is 2. The number of aromatic nitrogens is 1. The Bertz CT molecular complexity index is 768. The summed E-state index contributed by atoms with van der Waals surface area (Å²) >= 11 is 0. The highest BCUT2D eigenvalue weighted by Gasteiger charge is 2.24. The topological polar surface area (TPSA) is 113 Å². The van der Waals surface area contributed by atoms with Crippen LogP contribution in [0, 0.1) is 0 Å². The number of piperazine rings is 1. The number of pyridine rings is 1. The van der Waals surface area contributed by atoms with Gasteiger partial charge in [-0.15, -0.1) is 0 Å². The van der Waals surface area contributed by atoms with E-state index in [-0.39, 0.29) is 30.2 Å². The van der Waals surface area contributed by atoms with E-state index >= 15 is 0 Å². The average Bonchev–Trinajstić information content (AvgIpc) is 3.15. The van der Waals surface area contributed by atoms with Gasteiger partial charge in [0.05, 0.1) is 24.1 Å². The van der Waals surface area contributed by atoms with Gasteiger partial charge in [0.25, 0.3) is 11.8 Å². The van der Waals surface area contributed by atoms with Crippen molar-refractivity contribution >= 4 is 11.8 Å². The van der Waals surface area contributed by atoms with E-state index in [2.05, 4.69) is 9.88 Å². The van der Waals surface area contributed by atoms with Gasteiger partial charge in [0.1, 0.15) is 11.5 Å². The number of hydrogen-bond acceptors (Lipinski definition) is 6. The average molecular weight is 358 g/mol. The van der Waals surface area contributed by atoms with Crippen molar-refractivity contribution in [2.24, 2.45) is 5.73 Å². The minimum Gasteiger partial charge on any atom is -0.469 e.